The van der Waals surface area contributed by atoms with Gasteiger partial charge in [0.15, 0.2) is 0 Å². The van der Waals surface area contributed by atoms with Crippen molar-refractivity contribution >= 4 is 35.3 Å². The van der Waals surface area contributed by atoms with Crippen molar-refractivity contribution in [3.8, 4) is 0 Å². The van der Waals surface area contributed by atoms with E-state index in [-0.39, 0.29) is 5.91 Å². The maximum atomic E-state index is 12.0. The van der Waals surface area contributed by atoms with Crippen LogP contribution in [-0.4, -0.2) is 31.8 Å². The van der Waals surface area contributed by atoms with Crippen molar-refractivity contribution in [1.29, 1.82) is 0 Å². The van der Waals surface area contributed by atoms with E-state index in [1.807, 2.05) is 51.1 Å². The number of aromatic nitrogens is 4. The van der Waals surface area contributed by atoms with Gasteiger partial charge in [-0.05, 0) is 44.1 Å². The number of benzene rings is 1. The molecule has 8 nitrogen and oxygen atoms in total. The lowest BCUT2D eigenvalue weighted by Crippen LogP contribution is -2.14. The molecule has 0 saturated heterocycles. The van der Waals surface area contributed by atoms with Gasteiger partial charge in [-0.15, -0.1) is 11.8 Å². The molecule has 0 atom stereocenters. The Morgan fingerprint density at radius 3 is 2.44 bits per heavy atom. The Labute approximate surface area is 161 Å². The van der Waals surface area contributed by atoms with Crippen molar-refractivity contribution in [1.82, 2.24) is 20.1 Å². The molecule has 27 heavy (non-hydrogen) atoms. The quantitative estimate of drug-likeness (QED) is 0.638. The summed E-state index contributed by atoms with van der Waals surface area (Å²) in [7, 11) is 0. The molecule has 2 N–H and O–H groups in total. The van der Waals surface area contributed by atoms with Crippen LogP contribution in [0, 0.1) is 20.8 Å². The molecule has 9 heteroatoms. The number of hydrogen-bond acceptors (Lipinski definition) is 8. The van der Waals surface area contributed by atoms with Crippen LogP contribution in [0.2, 0.25) is 0 Å². The lowest BCUT2D eigenvalue weighted by atomic mass is 10.2. The largest absolute Gasteiger partial charge is 0.336 e. The highest BCUT2D eigenvalue weighted by atomic mass is 32.2. The molecule has 2 aromatic heterocycles. The van der Waals surface area contributed by atoms with Crippen molar-refractivity contribution in [2.24, 2.45) is 0 Å². The highest BCUT2D eigenvalue weighted by Gasteiger charge is 2.10. The summed E-state index contributed by atoms with van der Waals surface area (Å²) >= 11 is 1.39. The molecule has 0 aliphatic carbocycles. The zero-order chi connectivity index (χ0) is 19.2. The highest BCUT2D eigenvalue weighted by Crippen LogP contribution is 2.15. The van der Waals surface area contributed by atoms with Crippen LogP contribution >= 0.6 is 11.8 Å². The van der Waals surface area contributed by atoms with Gasteiger partial charge in [0.1, 0.15) is 0 Å². The number of aryl methyl sites for hydroxylation is 3. The van der Waals surface area contributed by atoms with E-state index in [0.717, 1.165) is 22.6 Å². The van der Waals surface area contributed by atoms with Crippen LogP contribution in [0.5, 0.6) is 0 Å². The van der Waals surface area contributed by atoms with Gasteiger partial charge in [0.05, 0.1) is 11.5 Å². The van der Waals surface area contributed by atoms with Gasteiger partial charge in [-0.25, -0.2) is 9.97 Å². The first-order valence-electron chi connectivity index (χ1n) is 8.34. The molecule has 0 aliphatic heterocycles. The lowest BCUT2D eigenvalue weighted by Gasteiger charge is -2.04. The molecule has 1 aromatic carbocycles. The smallest absolute Gasteiger partial charge is 0.270 e. The fourth-order valence-electron chi connectivity index (χ4n) is 2.31. The molecule has 0 aliphatic rings. The highest BCUT2D eigenvalue weighted by molar-refractivity contribution is 7.99. The third-order valence-corrected chi connectivity index (χ3v) is 4.39. The Morgan fingerprint density at radius 2 is 1.74 bits per heavy atom. The van der Waals surface area contributed by atoms with E-state index in [2.05, 4.69) is 30.7 Å². The molecule has 3 rings (SSSR count). The van der Waals surface area contributed by atoms with Gasteiger partial charge in [0, 0.05) is 17.1 Å². The van der Waals surface area contributed by atoms with E-state index in [1.165, 1.54) is 11.8 Å². The van der Waals surface area contributed by atoms with Gasteiger partial charge in [-0.3, -0.25) is 10.1 Å². The Morgan fingerprint density at radius 1 is 1.04 bits per heavy atom. The molecule has 0 unspecified atom stereocenters. The van der Waals surface area contributed by atoms with Crippen molar-refractivity contribution in [2.75, 3.05) is 16.4 Å². The lowest BCUT2D eigenvalue weighted by molar-refractivity contribution is -0.113. The average Bonchev–Trinajstić information content (AvgIpc) is 3.03. The summed E-state index contributed by atoms with van der Waals surface area (Å²) in [6.45, 7) is 5.78. The molecular formula is C18H20N6O2S. The number of rotatable bonds is 7. The summed E-state index contributed by atoms with van der Waals surface area (Å²) in [6.07, 6.45) is 0. The second kappa shape index (κ2) is 8.63. The first kappa shape index (κ1) is 18.8. The van der Waals surface area contributed by atoms with Gasteiger partial charge in [0.2, 0.25) is 17.7 Å². The van der Waals surface area contributed by atoms with Crippen molar-refractivity contribution in [2.45, 2.75) is 26.5 Å². The van der Waals surface area contributed by atoms with Crippen molar-refractivity contribution in [3.63, 3.8) is 0 Å². The molecule has 3 aromatic rings. The van der Waals surface area contributed by atoms with Crippen LogP contribution in [0.15, 0.2) is 34.9 Å². The second-order valence-corrected chi connectivity index (χ2v) is 7.00. The van der Waals surface area contributed by atoms with E-state index >= 15 is 0 Å². The Kier molecular flexibility index (Phi) is 6.02. The molecule has 140 valence electrons. The van der Waals surface area contributed by atoms with Crippen LogP contribution in [0.25, 0.3) is 0 Å². The number of nitrogens with one attached hydrogen (secondary N) is 2. The van der Waals surface area contributed by atoms with E-state index in [9.17, 15) is 4.79 Å². The number of anilines is 3. The summed E-state index contributed by atoms with van der Waals surface area (Å²) in [5.41, 5.74) is 3.63. The minimum absolute atomic E-state index is 0.0784. The van der Waals surface area contributed by atoms with E-state index < -0.39 is 0 Å². The maximum Gasteiger partial charge on any atom is 0.270 e. The number of nitrogens with zero attached hydrogens (tertiary/aromatic N) is 4. The normalized spacial score (nSPS) is 10.6. The topological polar surface area (TPSA) is 106 Å². The summed E-state index contributed by atoms with van der Waals surface area (Å²) in [4.78, 5) is 24.7. The number of hydrogen-bond donors (Lipinski definition) is 2. The SMILES string of the molecule is Cc1ccc(NC(=O)CSCc2nc(Nc3nc(C)cc(C)n3)no2)cc1. The molecular weight excluding hydrogens is 364 g/mol. The van der Waals surface area contributed by atoms with Crippen molar-refractivity contribution < 1.29 is 9.32 Å². The van der Waals surface area contributed by atoms with Gasteiger partial charge in [-0.2, -0.15) is 4.98 Å². The zero-order valence-corrected chi connectivity index (χ0v) is 16.1. The summed E-state index contributed by atoms with van der Waals surface area (Å²) in [5, 5.41) is 9.62. The molecule has 0 bridgehead atoms. The molecule has 1 amide bonds. The summed E-state index contributed by atoms with van der Waals surface area (Å²) in [5.74, 6) is 1.79. The number of thioether (sulfide) groups is 1. The van der Waals surface area contributed by atoms with Gasteiger partial charge in [0.25, 0.3) is 5.95 Å². The molecule has 0 fully saturated rings. The average molecular weight is 384 g/mol. The number of carbonyl (C=O) groups is 1. The monoisotopic (exact) mass is 384 g/mol. The standard InChI is InChI=1S/C18H20N6O2S/c1-11-4-6-14(7-5-11)21-15(25)9-27-10-16-22-18(24-26-16)23-17-19-12(2)8-13(3)20-17/h4-8H,9-10H2,1-3H3,(H,21,25)(H,19,20,23,24). The summed E-state index contributed by atoms with van der Waals surface area (Å²) in [6, 6.07) is 9.54. The fraction of sp³-hybridized carbons (Fsp3) is 0.278. The second-order valence-electron chi connectivity index (χ2n) is 6.02. The molecule has 0 spiro atoms. The Balaban J connectivity index is 1.46. The van der Waals surface area contributed by atoms with E-state index in [4.69, 9.17) is 4.52 Å². The van der Waals surface area contributed by atoms with Crippen LogP contribution < -0.4 is 10.6 Å². The van der Waals surface area contributed by atoms with Gasteiger partial charge in [-0.1, -0.05) is 17.7 Å². The third-order valence-electron chi connectivity index (χ3n) is 3.47. The Bertz CT molecular complexity index is 906. The van der Waals surface area contributed by atoms with E-state index in [1.54, 1.807) is 0 Å². The first-order chi connectivity index (χ1) is 13.0. The fourth-order valence-corrected chi connectivity index (χ4v) is 2.96. The van der Waals surface area contributed by atoms with E-state index in [0.29, 0.717) is 29.3 Å². The van der Waals surface area contributed by atoms with Crippen LogP contribution in [-0.2, 0) is 10.5 Å². The van der Waals surface area contributed by atoms with Gasteiger partial charge < -0.3 is 9.84 Å². The third kappa shape index (κ3) is 5.78. The predicted octanol–water partition coefficient (Wildman–Crippen LogP) is 3.40. The maximum absolute atomic E-state index is 12.0. The van der Waals surface area contributed by atoms with Gasteiger partial charge >= 0.3 is 0 Å². The van der Waals surface area contributed by atoms with Crippen molar-refractivity contribution in [3.05, 3.63) is 53.2 Å². The number of amides is 1. The molecule has 2 heterocycles. The van der Waals surface area contributed by atoms with Crippen LogP contribution in [0.1, 0.15) is 22.8 Å². The number of carbonyl (C=O) groups excluding carboxylic acids is 1. The Hall–Kier alpha value is -2.94. The minimum atomic E-state index is -0.0784. The molecule has 0 saturated carbocycles. The first-order valence-corrected chi connectivity index (χ1v) is 9.49. The molecule has 0 radical (unpaired) electrons. The summed E-state index contributed by atoms with van der Waals surface area (Å²) < 4.78 is 5.18. The predicted molar refractivity (Wildman–Crippen MR) is 105 cm³/mol. The van der Waals surface area contributed by atoms with Crippen LogP contribution in [0.4, 0.5) is 17.6 Å². The minimum Gasteiger partial charge on any atom is -0.336 e. The van der Waals surface area contributed by atoms with Crippen LogP contribution in [0.3, 0.4) is 0 Å². The zero-order valence-electron chi connectivity index (χ0n) is 15.3.